The molecule has 1 aliphatic rings. The molecule has 0 saturated carbocycles. The van der Waals surface area contributed by atoms with Crippen LogP contribution in [0.3, 0.4) is 0 Å². The maximum Gasteiger partial charge on any atom is 0.267 e. The van der Waals surface area contributed by atoms with Gasteiger partial charge in [0.25, 0.3) is 5.91 Å². The van der Waals surface area contributed by atoms with Crippen LogP contribution in [0.25, 0.3) is 10.6 Å². The van der Waals surface area contributed by atoms with E-state index in [9.17, 15) is 9.59 Å². The fourth-order valence-corrected chi connectivity index (χ4v) is 4.87. The number of primary amides is 1. The van der Waals surface area contributed by atoms with Crippen LogP contribution in [0.15, 0.2) is 52.9 Å². The molecule has 2 amide bonds. The maximum absolute atomic E-state index is 12.6. The molecule has 0 saturated heterocycles. The number of carbonyl (C=O) groups excluding carboxylic acids is 2. The van der Waals surface area contributed by atoms with Crippen LogP contribution in [0.4, 0.5) is 5.69 Å². The Hall–Kier alpha value is -3.04. The summed E-state index contributed by atoms with van der Waals surface area (Å²) in [4.78, 5) is 31.2. The van der Waals surface area contributed by atoms with E-state index < -0.39 is 11.9 Å². The normalized spacial score (nSPS) is 15.8. The van der Waals surface area contributed by atoms with Crippen LogP contribution in [0, 0.1) is 6.92 Å². The lowest BCUT2D eigenvalue weighted by atomic mass is 10.1. The molecule has 154 valence electrons. The molecular formula is C21H21N5O2S2. The number of aromatic nitrogens is 1. The molecule has 1 unspecified atom stereocenters. The van der Waals surface area contributed by atoms with Gasteiger partial charge < -0.3 is 11.1 Å². The third-order valence-corrected chi connectivity index (χ3v) is 6.65. The fraction of sp³-hybridized carbons (Fsp3) is 0.238. The second kappa shape index (κ2) is 8.76. The number of hydrogen-bond acceptors (Lipinski definition) is 7. The van der Waals surface area contributed by atoms with Crippen molar-refractivity contribution in [1.29, 1.82) is 0 Å². The van der Waals surface area contributed by atoms with Crippen LogP contribution in [0.1, 0.15) is 16.3 Å². The highest BCUT2D eigenvalue weighted by atomic mass is 32.1. The number of hydrazone groups is 1. The standard InChI is InChI=1S/C21H21N5O2S2/c1-13-24-17(12-29-13)19-8-7-15(30-19)9-10-23-21(28)16-11-18(20(22)27)26(25-16)14-5-3-2-4-6-14/h2-8,12,18H,9-11H2,1H3,(H2,22,27)(H,23,28). The zero-order chi connectivity index (χ0) is 21.1. The number of thiophene rings is 1. The van der Waals surface area contributed by atoms with Crippen molar-refractivity contribution in [3.8, 4) is 10.6 Å². The van der Waals surface area contributed by atoms with E-state index >= 15 is 0 Å². The molecule has 0 spiro atoms. The Morgan fingerprint density at radius 3 is 2.73 bits per heavy atom. The summed E-state index contributed by atoms with van der Waals surface area (Å²) in [6.07, 6.45) is 0.914. The number of nitrogens with zero attached hydrogens (tertiary/aromatic N) is 3. The fourth-order valence-electron chi connectivity index (χ4n) is 3.22. The SMILES string of the molecule is Cc1nc(-c2ccc(CCNC(=O)C3=NN(c4ccccc4)C(C(N)=O)C3)s2)cs1. The molecule has 4 rings (SSSR count). The van der Waals surface area contributed by atoms with Gasteiger partial charge in [0.15, 0.2) is 0 Å². The number of nitrogens with two attached hydrogens (primary N) is 1. The Kier molecular flexibility index (Phi) is 5.91. The van der Waals surface area contributed by atoms with Gasteiger partial charge in [-0.2, -0.15) is 5.10 Å². The van der Waals surface area contributed by atoms with Crippen molar-refractivity contribution in [3.63, 3.8) is 0 Å². The van der Waals surface area contributed by atoms with Crippen molar-refractivity contribution in [2.45, 2.75) is 25.8 Å². The average molecular weight is 440 g/mol. The van der Waals surface area contributed by atoms with Gasteiger partial charge >= 0.3 is 0 Å². The monoisotopic (exact) mass is 439 g/mol. The second-order valence-corrected chi connectivity index (χ2v) is 9.10. The summed E-state index contributed by atoms with van der Waals surface area (Å²) < 4.78 is 0. The number of aryl methyl sites for hydroxylation is 1. The Labute approximate surface area is 182 Å². The number of rotatable bonds is 7. The molecule has 0 bridgehead atoms. The van der Waals surface area contributed by atoms with E-state index in [0.29, 0.717) is 18.7 Å². The van der Waals surface area contributed by atoms with E-state index in [1.807, 2.05) is 37.3 Å². The number of amides is 2. The van der Waals surface area contributed by atoms with Crippen LogP contribution >= 0.6 is 22.7 Å². The minimum Gasteiger partial charge on any atom is -0.368 e. The average Bonchev–Trinajstić information content (AvgIpc) is 3.47. The minimum atomic E-state index is -0.658. The first-order chi connectivity index (χ1) is 14.5. The van der Waals surface area contributed by atoms with Crippen LogP contribution in [0.2, 0.25) is 0 Å². The van der Waals surface area contributed by atoms with Crippen molar-refractivity contribution in [2.24, 2.45) is 10.8 Å². The molecule has 1 aliphatic heterocycles. The van der Waals surface area contributed by atoms with Crippen molar-refractivity contribution >= 4 is 45.9 Å². The smallest absolute Gasteiger partial charge is 0.267 e. The molecule has 0 aliphatic carbocycles. The van der Waals surface area contributed by atoms with Gasteiger partial charge in [0, 0.05) is 23.2 Å². The lowest BCUT2D eigenvalue weighted by molar-refractivity contribution is -0.119. The second-order valence-electron chi connectivity index (χ2n) is 6.87. The number of thiazole rings is 1. The number of hydrogen-bond donors (Lipinski definition) is 2. The summed E-state index contributed by atoms with van der Waals surface area (Å²) in [6.45, 7) is 2.48. The third kappa shape index (κ3) is 4.42. The Morgan fingerprint density at radius 1 is 1.23 bits per heavy atom. The van der Waals surface area contributed by atoms with Gasteiger partial charge in [-0.1, -0.05) is 18.2 Å². The lowest BCUT2D eigenvalue weighted by Crippen LogP contribution is -2.40. The summed E-state index contributed by atoms with van der Waals surface area (Å²) in [6, 6.07) is 12.7. The number of benzene rings is 1. The highest BCUT2D eigenvalue weighted by Gasteiger charge is 2.34. The van der Waals surface area contributed by atoms with E-state index in [2.05, 4.69) is 32.9 Å². The molecule has 7 nitrogen and oxygen atoms in total. The van der Waals surface area contributed by atoms with Crippen molar-refractivity contribution in [1.82, 2.24) is 10.3 Å². The summed E-state index contributed by atoms with van der Waals surface area (Å²) in [5.74, 6) is -0.777. The van der Waals surface area contributed by atoms with Gasteiger partial charge in [-0.05, 0) is 37.6 Å². The van der Waals surface area contributed by atoms with Crippen LogP contribution in [-0.4, -0.2) is 35.1 Å². The van der Waals surface area contributed by atoms with Gasteiger partial charge in [-0.3, -0.25) is 14.6 Å². The lowest BCUT2D eigenvalue weighted by Gasteiger charge is -2.20. The largest absolute Gasteiger partial charge is 0.368 e. The van der Waals surface area contributed by atoms with E-state index in [4.69, 9.17) is 5.73 Å². The predicted octanol–water partition coefficient (Wildman–Crippen LogP) is 2.96. The summed E-state index contributed by atoms with van der Waals surface area (Å²) >= 11 is 3.31. The molecule has 3 N–H and O–H groups in total. The summed E-state index contributed by atoms with van der Waals surface area (Å²) in [5, 5.41) is 11.9. The van der Waals surface area contributed by atoms with Gasteiger partial charge in [-0.25, -0.2) is 4.98 Å². The van der Waals surface area contributed by atoms with E-state index in [0.717, 1.165) is 21.3 Å². The molecule has 3 heterocycles. The van der Waals surface area contributed by atoms with Gasteiger partial charge in [-0.15, -0.1) is 22.7 Å². The molecule has 30 heavy (non-hydrogen) atoms. The van der Waals surface area contributed by atoms with E-state index in [1.54, 1.807) is 22.7 Å². The molecule has 9 heteroatoms. The summed E-state index contributed by atoms with van der Waals surface area (Å²) in [5.41, 5.74) is 7.57. The molecule has 1 aromatic carbocycles. The maximum atomic E-state index is 12.6. The van der Waals surface area contributed by atoms with Crippen LogP contribution < -0.4 is 16.1 Å². The minimum absolute atomic E-state index is 0.197. The first kappa shape index (κ1) is 20.2. The topological polar surface area (TPSA) is 101 Å². The highest BCUT2D eigenvalue weighted by molar-refractivity contribution is 7.16. The van der Waals surface area contributed by atoms with Crippen molar-refractivity contribution in [2.75, 3.05) is 11.6 Å². The Balaban J connectivity index is 1.36. The third-order valence-electron chi connectivity index (χ3n) is 4.71. The van der Waals surface area contributed by atoms with Gasteiger partial charge in [0.1, 0.15) is 11.8 Å². The zero-order valence-corrected chi connectivity index (χ0v) is 18.0. The first-order valence-corrected chi connectivity index (χ1v) is 11.2. The number of para-hydroxylation sites is 1. The zero-order valence-electron chi connectivity index (χ0n) is 16.4. The van der Waals surface area contributed by atoms with Gasteiger partial charge in [0.05, 0.1) is 21.3 Å². The molecular weight excluding hydrogens is 418 g/mol. The quantitative estimate of drug-likeness (QED) is 0.591. The molecule has 2 aromatic heterocycles. The molecule has 3 aromatic rings. The summed E-state index contributed by atoms with van der Waals surface area (Å²) in [7, 11) is 0. The van der Waals surface area contributed by atoms with Crippen molar-refractivity contribution in [3.05, 3.63) is 57.7 Å². The van der Waals surface area contributed by atoms with Crippen LogP contribution in [-0.2, 0) is 16.0 Å². The highest BCUT2D eigenvalue weighted by Crippen LogP contribution is 2.29. The molecule has 0 radical (unpaired) electrons. The Bertz CT molecular complexity index is 1090. The Morgan fingerprint density at radius 2 is 2.03 bits per heavy atom. The molecule has 1 atom stereocenters. The number of carbonyl (C=O) groups is 2. The van der Waals surface area contributed by atoms with E-state index in [-0.39, 0.29) is 12.3 Å². The van der Waals surface area contributed by atoms with E-state index in [1.165, 1.54) is 9.89 Å². The number of nitrogens with one attached hydrogen (secondary N) is 1. The van der Waals surface area contributed by atoms with Crippen molar-refractivity contribution < 1.29 is 9.59 Å². The first-order valence-electron chi connectivity index (χ1n) is 9.52. The number of anilines is 1. The van der Waals surface area contributed by atoms with Crippen LogP contribution in [0.5, 0.6) is 0 Å². The van der Waals surface area contributed by atoms with Gasteiger partial charge in [0.2, 0.25) is 5.91 Å². The predicted molar refractivity (Wildman–Crippen MR) is 121 cm³/mol. The molecule has 0 fully saturated rings.